The molecule has 1 aromatic rings. The van der Waals surface area contributed by atoms with Crippen LogP contribution in [0.3, 0.4) is 0 Å². The molecule has 1 saturated heterocycles. The van der Waals surface area contributed by atoms with Crippen molar-refractivity contribution in [1.29, 1.82) is 0 Å². The van der Waals surface area contributed by atoms with Gasteiger partial charge in [0.05, 0.1) is 13.0 Å². The summed E-state index contributed by atoms with van der Waals surface area (Å²) in [6.07, 6.45) is 0.172. The molecule has 2 amide bonds. The average molecular weight is 309 g/mol. The largest absolute Gasteiger partial charge is 0.493 e. The van der Waals surface area contributed by atoms with Crippen molar-refractivity contribution >= 4 is 11.8 Å². The highest BCUT2D eigenvalue weighted by Crippen LogP contribution is 2.13. The summed E-state index contributed by atoms with van der Waals surface area (Å²) >= 11 is 0. The molecule has 0 saturated carbocycles. The molecule has 0 aromatic heterocycles. The first-order valence-corrected chi connectivity index (χ1v) is 7.13. The van der Waals surface area contributed by atoms with Gasteiger partial charge in [0.15, 0.2) is 0 Å². The minimum atomic E-state index is -0.457. The third kappa shape index (κ3) is 4.17. The number of amides is 2. The number of nitrogens with two attached hydrogens (primary N) is 1. The zero-order chi connectivity index (χ0) is 16.1. The Labute approximate surface area is 128 Å². The Morgan fingerprint density at radius 3 is 2.86 bits per heavy atom. The van der Waals surface area contributed by atoms with E-state index in [4.69, 9.17) is 10.5 Å². The van der Waals surface area contributed by atoms with Crippen molar-refractivity contribution in [3.05, 3.63) is 30.1 Å². The molecule has 2 N–H and O–H groups in total. The molecule has 1 aromatic carbocycles. The van der Waals surface area contributed by atoms with Crippen LogP contribution in [-0.4, -0.2) is 60.9 Å². The molecule has 22 heavy (non-hydrogen) atoms. The van der Waals surface area contributed by atoms with E-state index in [1.165, 1.54) is 12.1 Å². The Balaban J connectivity index is 1.81. The Morgan fingerprint density at radius 2 is 2.18 bits per heavy atom. The van der Waals surface area contributed by atoms with Gasteiger partial charge in [-0.25, -0.2) is 4.39 Å². The summed E-state index contributed by atoms with van der Waals surface area (Å²) in [6.45, 7) is 1.61. The normalized spacial score (nSPS) is 19.0. The zero-order valence-corrected chi connectivity index (χ0v) is 12.5. The third-order valence-corrected chi connectivity index (χ3v) is 3.71. The molecule has 0 radical (unpaired) electrons. The van der Waals surface area contributed by atoms with Gasteiger partial charge >= 0.3 is 0 Å². The highest BCUT2D eigenvalue weighted by Gasteiger charge is 2.30. The van der Waals surface area contributed by atoms with Gasteiger partial charge in [-0.15, -0.1) is 0 Å². The van der Waals surface area contributed by atoms with Crippen LogP contribution in [0.5, 0.6) is 5.75 Å². The number of benzene rings is 1. The molecule has 1 fully saturated rings. The lowest BCUT2D eigenvalue weighted by Crippen LogP contribution is -2.58. The average Bonchev–Trinajstić information content (AvgIpc) is 2.47. The fourth-order valence-corrected chi connectivity index (χ4v) is 2.38. The van der Waals surface area contributed by atoms with E-state index in [1.54, 1.807) is 17.0 Å². The maximum absolute atomic E-state index is 13.0. The summed E-state index contributed by atoms with van der Waals surface area (Å²) in [4.78, 5) is 26.9. The summed E-state index contributed by atoms with van der Waals surface area (Å²) in [5.74, 6) is -0.528. The van der Waals surface area contributed by atoms with E-state index in [1.807, 2.05) is 11.9 Å². The second kappa shape index (κ2) is 7.22. The highest BCUT2D eigenvalue weighted by atomic mass is 19.1. The summed E-state index contributed by atoms with van der Waals surface area (Å²) in [7, 11) is 1.81. The van der Waals surface area contributed by atoms with E-state index >= 15 is 0 Å². The van der Waals surface area contributed by atoms with Gasteiger partial charge in [-0.05, 0) is 19.2 Å². The van der Waals surface area contributed by atoms with Crippen molar-refractivity contribution in [2.75, 3.05) is 33.3 Å². The third-order valence-electron chi connectivity index (χ3n) is 3.71. The monoisotopic (exact) mass is 309 g/mol. The number of nitrogens with zero attached hydrogens (tertiary/aromatic N) is 2. The van der Waals surface area contributed by atoms with Crippen molar-refractivity contribution in [2.24, 2.45) is 5.73 Å². The van der Waals surface area contributed by atoms with Crippen LogP contribution < -0.4 is 10.5 Å². The number of piperazine rings is 1. The van der Waals surface area contributed by atoms with Crippen molar-refractivity contribution in [3.8, 4) is 5.75 Å². The predicted molar refractivity (Wildman–Crippen MR) is 78.7 cm³/mol. The molecule has 120 valence electrons. The summed E-state index contributed by atoms with van der Waals surface area (Å²) < 4.78 is 18.3. The fraction of sp³-hybridized carbons (Fsp3) is 0.467. The maximum atomic E-state index is 13.0. The number of hydrogen-bond acceptors (Lipinski definition) is 4. The van der Waals surface area contributed by atoms with Crippen LogP contribution in [-0.2, 0) is 9.59 Å². The van der Waals surface area contributed by atoms with E-state index in [0.717, 1.165) is 0 Å². The van der Waals surface area contributed by atoms with Gasteiger partial charge in [-0.1, -0.05) is 6.07 Å². The van der Waals surface area contributed by atoms with Crippen LogP contribution in [0.4, 0.5) is 4.39 Å². The van der Waals surface area contributed by atoms with Crippen LogP contribution >= 0.6 is 0 Å². The number of carbonyl (C=O) groups excluding carboxylic acids is 2. The maximum Gasteiger partial charge on any atom is 0.236 e. The topological polar surface area (TPSA) is 75.9 Å². The number of halogens is 1. The predicted octanol–water partition coefficient (Wildman–Crippen LogP) is 0.222. The van der Waals surface area contributed by atoms with Gasteiger partial charge < -0.3 is 15.4 Å². The SMILES string of the molecule is CN1CCN(C(=O)CCOc2cccc(F)c2)C[C@H]1C(N)=O. The zero-order valence-electron chi connectivity index (χ0n) is 12.5. The molecule has 6 nitrogen and oxygen atoms in total. The van der Waals surface area contributed by atoms with Crippen molar-refractivity contribution in [3.63, 3.8) is 0 Å². The summed E-state index contributed by atoms with van der Waals surface area (Å²) in [5.41, 5.74) is 5.33. The quantitative estimate of drug-likeness (QED) is 0.844. The molecule has 7 heteroatoms. The van der Waals surface area contributed by atoms with Gasteiger partial charge in [-0.3, -0.25) is 14.5 Å². The molecule has 1 aliphatic heterocycles. The Kier molecular flexibility index (Phi) is 5.32. The van der Waals surface area contributed by atoms with Crippen molar-refractivity contribution < 1.29 is 18.7 Å². The van der Waals surface area contributed by atoms with Crippen molar-refractivity contribution in [2.45, 2.75) is 12.5 Å². The molecule has 1 atom stereocenters. The number of ether oxygens (including phenoxy) is 1. The Morgan fingerprint density at radius 1 is 1.41 bits per heavy atom. The standard InChI is InChI=1S/C15H20FN3O3/c1-18-6-7-19(10-13(18)15(17)21)14(20)5-8-22-12-4-2-3-11(16)9-12/h2-4,9,13H,5-8,10H2,1H3,(H2,17,21)/t13-/m0/s1. The highest BCUT2D eigenvalue weighted by molar-refractivity contribution is 5.82. The minimum Gasteiger partial charge on any atom is -0.493 e. The lowest BCUT2D eigenvalue weighted by atomic mass is 10.1. The van der Waals surface area contributed by atoms with Gasteiger partial charge in [0.1, 0.15) is 17.6 Å². The second-order valence-electron chi connectivity index (χ2n) is 5.29. The van der Waals surface area contributed by atoms with Crippen LogP contribution in [0.15, 0.2) is 24.3 Å². The summed E-state index contributed by atoms with van der Waals surface area (Å²) in [5, 5.41) is 0. The first kappa shape index (κ1) is 16.2. The number of carbonyl (C=O) groups is 2. The smallest absolute Gasteiger partial charge is 0.236 e. The molecule has 0 bridgehead atoms. The van der Waals surface area contributed by atoms with Crippen LogP contribution in [0.2, 0.25) is 0 Å². The van der Waals surface area contributed by atoms with Gasteiger partial charge in [0, 0.05) is 25.7 Å². The van der Waals surface area contributed by atoms with Gasteiger partial charge in [-0.2, -0.15) is 0 Å². The molecule has 1 heterocycles. The molecule has 0 spiro atoms. The summed E-state index contributed by atoms with van der Waals surface area (Å²) in [6, 6.07) is 5.31. The van der Waals surface area contributed by atoms with Gasteiger partial charge in [0.2, 0.25) is 11.8 Å². The molecular formula is C15H20FN3O3. The van der Waals surface area contributed by atoms with E-state index < -0.39 is 11.9 Å². The van der Waals surface area contributed by atoms with Crippen LogP contribution in [0.25, 0.3) is 0 Å². The molecule has 1 aliphatic rings. The lowest BCUT2D eigenvalue weighted by Gasteiger charge is -2.37. The molecule has 0 unspecified atom stereocenters. The number of hydrogen-bond donors (Lipinski definition) is 1. The first-order chi connectivity index (χ1) is 10.5. The number of rotatable bonds is 5. The van der Waals surface area contributed by atoms with E-state index in [0.29, 0.717) is 25.4 Å². The van der Waals surface area contributed by atoms with Crippen LogP contribution in [0.1, 0.15) is 6.42 Å². The van der Waals surface area contributed by atoms with Crippen molar-refractivity contribution in [1.82, 2.24) is 9.80 Å². The van der Waals surface area contributed by atoms with Gasteiger partial charge in [0.25, 0.3) is 0 Å². The van der Waals surface area contributed by atoms with E-state index in [-0.39, 0.29) is 24.8 Å². The lowest BCUT2D eigenvalue weighted by molar-refractivity contribution is -0.136. The second-order valence-corrected chi connectivity index (χ2v) is 5.29. The van der Waals surface area contributed by atoms with E-state index in [9.17, 15) is 14.0 Å². The molecule has 2 rings (SSSR count). The minimum absolute atomic E-state index is 0.101. The Hall–Kier alpha value is -2.15. The number of primary amides is 1. The first-order valence-electron chi connectivity index (χ1n) is 7.13. The van der Waals surface area contributed by atoms with Crippen LogP contribution in [0, 0.1) is 5.82 Å². The fourth-order valence-electron chi connectivity index (χ4n) is 2.38. The van der Waals surface area contributed by atoms with E-state index in [2.05, 4.69) is 0 Å². The molecule has 0 aliphatic carbocycles. The Bertz CT molecular complexity index is 553. The number of likely N-dealkylation sites (N-methyl/N-ethyl adjacent to an activating group) is 1. The molecular weight excluding hydrogens is 289 g/mol.